The molecule has 0 spiro atoms. The molecule has 0 heterocycles. The molecule has 0 aliphatic heterocycles. The maximum absolute atomic E-state index is 12.5. The van der Waals surface area contributed by atoms with Gasteiger partial charge in [-0.15, -0.1) is 0 Å². The van der Waals surface area contributed by atoms with Gasteiger partial charge in [-0.1, -0.05) is 60.7 Å². The summed E-state index contributed by atoms with van der Waals surface area (Å²) in [6.45, 7) is 1.06. The van der Waals surface area contributed by atoms with Crippen molar-refractivity contribution < 1.29 is 19.1 Å². The van der Waals surface area contributed by atoms with Gasteiger partial charge in [-0.05, 0) is 37.3 Å². The summed E-state index contributed by atoms with van der Waals surface area (Å²) in [5.74, 6) is -0.990. The predicted octanol–water partition coefficient (Wildman–Crippen LogP) is 2.58. The molecule has 0 unspecified atom stereocenters. The van der Waals surface area contributed by atoms with Crippen molar-refractivity contribution in [2.75, 3.05) is 6.61 Å². The molecule has 1 aliphatic carbocycles. The predicted molar refractivity (Wildman–Crippen MR) is 101 cm³/mol. The fourth-order valence-corrected chi connectivity index (χ4v) is 3.14. The Morgan fingerprint density at radius 1 is 1.00 bits per heavy atom. The van der Waals surface area contributed by atoms with E-state index in [9.17, 15) is 14.4 Å². The van der Waals surface area contributed by atoms with Gasteiger partial charge < -0.3 is 10.1 Å². The van der Waals surface area contributed by atoms with E-state index in [1.807, 2.05) is 60.7 Å². The maximum atomic E-state index is 12.5. The molecule has 1 amide bonds. The molecular weight excluding hydrogens is 342 g/mol. The van der Waals surface area contributed by atoms with Crippen LogP contribution in [0, 0.1) is 0 Å². The number of carbonyl (C=O) groups is 3. The summed E-state index contributed by atoms with van der Waals surface area (Å²) in [5.41, 5.74) is 1.25. The molecule has 1 N–H and O–H groups in total. The van der Waals surface area contributed by atoms with Gasteiger partial charge >= 0.3 is 5.97 Å². The second-order valence-electron chi connectivity index (χ2n) is 6.94. The Labute approximate surface area is 158 Å². The van der Waals surface area contributed by atoms with Crippen LogP contribution in [-0.2, 0) is 31.0 Å². The molecule has 3 rings (SSSR count). The molecule has 5 heteroatoms. The van der Waals surface area contributed by atoms with Gasteiger partial charge in [0.2, 0.25) is 0 Å². The Morgan fingerprint density at radius 3 is 2.15 bits per heavy atom. The third-order valence-corrected chi connectivity index (χ3v) is 4.91. The van der Waals surface area contributed by atoms with Gasteiger partial charge in [0.15, 0.2) is 12.4 Å². The number of rotatable bonds is 8. The van der Waals surface area contributed by atoms with Crippen molar-refractivity contribution in [3.05, 3.63) is 71.8 Å². The van der Waals surface area contributed by atoms with E-state index in [2.05, 4.69) is 5.32 Å². The third kappa shape index (κ3) is 4.61. The van der Waals surface area contributed by atoms with Crippen LogP contribution in [-0.4, -0.2) is 30.3 Å². The molecule has 0 radical (unpaired) electrons. The topological polar surface area (TPSA) is 72.5 Å². The molecule has 1 atom stereocenters. The van der Waals surface area contributed by atoms with Gasteiger partial charge in [-0.25, -0.2) is 0 Å². The molecule has 140 valence electrons. The number of ketones is 1. The normalized spacial score (nSPS) is 15.4. The first-order valence-electron chi connectivity index (χ1n) is 9.08. The van der Waals surface area contributed by atoms with Crippen molar-refractivity contribution >= 4 is 17.7 Å². The Morgan fingerprint density at radius 2 is 1.59 bits per heavy atom. The van der Waals surface area contributed by atoms with E-state index >= 15 is 0 Å². The minimum Gasteiger partial charge on any atom is -0.455 e. The zero-order valence-corrected chi connectivity index (χ0v) is 15.3. The molecule has 27 heavy (non-hydrogen) atoms. The lowest BCUT2D eigenvalue weighted by atomic mass is 9.96. The van der Waals surface area contributed by atoms with Crippen LogP contribution in [0.5, 0.6) is 0 Å². The number of hydrogen-bond acceptors (Lipinski definition) is 4. The highest BCUT2D eigenvalue weighted by Gasteiger charge is 2.52. The number of Topliss-reactive ketones (excluding diaryl/α,β-unsaturated/α-hetero) is 1. The minimum atomic E-state index is -0.636. The van der Waals surface area contributed by atoms with Crippen LogP contribution in [0.4, 0.5) is 0 Å². The van der Waals surface area contributed by atoms with Crippen LogP contribution in [0.15, 0.2) is 60.7 Å². The summed E-state index contributed by atoms with van der Waals surface area (Å²) in [5, 5.41) is 2.67. The largest absolute Gasteiger partial charge is 0.455 e. The van der Waals surface area contributed by atoms with Gasteiger partial charge in [0, 0.05) is 0 Å². The molecule has 1 saturated carbocycles. The van der Waals surface area contributed by atoms with E-state index in [-0.39, 0.29) is 18.4 Å². The Bertz CT molecular complexity index is 813. The smallest absolute Gasteiger partial charge is 0.317 e. The number of nitrogens with one attached hydrogen (secondary N) is 1. The Kier molecular flexibility index (Phi) is 5.69. The lowest BCUT2D eigenvalue weighted by molar-refractivity contribution is -0.151. The summed E-state index contributed by atoms with van der Waals surface area (Å²) in [6, 6.07) is 18.3. The lowest BCUT2D eigenvalue weighted by Gasteiger charge is -2.18. The SMILES string of the molecule is CC(=O)[C@H](Cc1ccccc1)NC(=O)COC(=O)C1(c2ccccc2)CC1. The quantitative estimate of drug-likeness (QED) is 0.730. The molecule has 1 aliphatic rings. The van der Waals surface area contributed by atoms with Crippen molar-refractivity contribution in [1.82, 2.24) is 5.32 Å². The third-order valence-electron chi connectivity index (χ3n) is 4.91. The number of carbonyl (C=O) groups excluding carboxylic acids is 3. The second kappa shape index (κ2) is 8.16. The first kappa shape index (κ1) is 18.8. The van der Waals surface area contributed by atoms with Crippen LogP contribution in [0.3, 0.4) is 0 Å². The highest BCUT2D eigenvalue weighted by atomic mass is 16.5. The summed E-state index contributed by atoms with van der Waals surface area (Å²) < 4.78 is 5.25. The number of amides is 1. The van der Waals surface area contributed by atoms with E-state index in [0.717, 1.165) is 24.0 Å². The van der Waals surface area contributed by atoms with Gasteiger partial charge in [-0.3, -0.25) is 14.4 Å². The number of esters is 1. The number of hydrogen-bond donors (Lipinski definition) is 1. The number of ether oxygens (including phenoxy) is 1. The Balaban J connectivity index is 1.54. The molecule has 2 aromatic carbocycles. The summed E-state index contributed by atoms with van der Waals surface area (Å²) in [4.78, 5) is 36.5. The average Bonchev–Trinajstić information content (AvgIpc) is 3.49. The monoisotopic (exact) mass is 365 g/mol. The number of benzene rings is 2. The molecule has 0 aromatic heterocycles. The van der Waals surface area contributed by atoms with Gasteiger partial charge in [0.25, 0.3) is 5.91 Å². The summed E-state index contributed by atoms with van der Waals surface area (Å²) in [6.07, 6.45) is 1.85. The fourth-order valence-electron chi connectivity index (χ4n) is 3.14. The lowest BCUT2D eigenvalue weighted by Crippen LogP contribution is -2.43. The summed E-state index contributed by atoms with van der Waals surface area (Å²) in [7, 11) is 0. The van der Waals surface area contributed by atoms with Gasteiger partial charge in [0.05, 0.1) is 11.5 Å². The van der Waals surface area contributed by atoms with E-state index in [1.165, 1.54) is 6.92 Å². The first-order chi connectivity index (χ1) is 13.0. The van der Waals surface area contributed by atoms with Crippen molar-refractivity contribution in [3.8, 4) is 0 Å². The minimum absolute atomic E-state index is 0.138. The van der Waals surface area contributed by atoms with Crippen LogP contribution < -0.4 is 5.32 Å². The van der Waals surface area contributed by atoms with Crippen molar-refractivity contribution in [2.24, 2.45) is 0 Å². The van der Waals surface area contributed by atoms with Crippen LogP contribution >= 0.6 is 0 Å². The first-order valence-corrected chi connectivity index (χ1v) is 9.08. The zero-order chi connectivity index (χ0) is 19.3. The Hall–Kier alpha value is -2.95. The highest BCUT2D eigenvalue weighted by molar-refractivity contribution is 5.91. The van der Waals surface area contributed by atoms with Crippen molar-refractivity contribution in [2.45, 2.75) is 37.6 Å². The van der Waals surface area contributed by atoms with E-state index in [1.54, 1.807) is 0 Å². The fraction of sp³-hybridized carbons (Fsp3) is 0.318. The van der Waals surface area contributed by atoms with E-state index in [4.69, 9.17) is 4.74 Å². The van der Waals surface area contributed by atoms with Crippen molar-refractivity contribution in [3.63, 3.8) is 0 Å². The molecule has 0 saturated heterocycles. The molecule has 5 nitrogen and oxygen atoms in total. The standard InChI is InChI=1S/C22H23NO4/c1-16(24)19(14-17-8-4-2-5-9-17)23-20(25)15-27-21(26)22(12-13-22)18-10-6-3-7-11-18/h2-11,19H,12-15H2,1H3,(H,23,25)/t19-/m0/s1. The van der Waals surface area contributed by atoms with Crippen LogP contribution in [0.25, 0.3) is 0 Å². The zero-order valence-electron chi connectivity index (χ0n) is 15.3. The highest BCUT2D eigenvalue weighted by Crippen LogP contribution is 2.49. The van der Waals surface area contributed by atoms with Crippen LogP contribution in [0.2, 0.25) is 0 Å². The molecule has 0 bridgehead atoms. The van der Waals surface area contributed by atoms with Gasteiger partial charge in [0.1, 0.15) is 0 Å². The molecule has 1 fully saturated rings. The second-order valence-corrected chi connectivity index (χ2v) is 6.94. The maximum Gasteiger partial charge on any atom is 0.317 e. The molecule has 2 aromatic rings. The average molecular weight is 365 g/mol. The van der Waals surface area contributed by atoms with Crippen LogP contribution in [0.1, 0.15) is 30.9 Å². The van der Waals surface area contributed by atoms with E-state index in [0.29, 0.717) is 6.42 Å². The van der Waals surface area contributed by atoms with E-state index < -0.39 is 17.4 Å². The summed E-state index contributed by atoms with van der Waals surface area (Å²) >= 11 is 0. The van der Waals surface area contributed by atoms with Crippen molar-refractivity contribution in [1.29, 1.82) is 0 Å². The van der Waals surface area contributed by atoms with Gasteiger partial charge in [-0.2, -0.15) is 0 Å². The molecular formula is C22H23NO4.